The summed E-state index contributed by atoms with van der Waals surface area (Å²) in [5.74, 6) is 1.27. The van der Waals surface area contributed by atoms with Crippen LogP contribution in [0.1, 0.15) is 57.5 Å². The van der Waals surface area contributed by atoms with Crippen LogP contribution in [-0.4, -0.2) is 11.5 Å². The van der Waals surface area contributed by atoms with E-state index in [9.17, 15) is 0 Å². The molecule has 0 amide bonds. The van der Waals surface area contributed by atoms with Gasteiger partial charge in [-0.25, -0.2) is 4.98 Å². The summed E-state index contributed by atoms with van der Waals surface area (Å²) in [7, 11) is 0. The lowest BCUT2D eigenvalue weighted by atomic mass is 10.0. The highest BCUT2D eigenvalue weighted by molar-refractivity contribution is 7.15. The van der Waals surface area contributed by atoms with E-state index >= 15 is 0 Å². The standard InChI is InChI=1S/C13H24N2S/c1-6-7-14-13-15-11(8-9(2)3)12(16-13)10(4)5/h9-10H,6-8H2,1-5H3,(H,14,15). The molecule has 0 aromatic carbocycles. The fourth-order valence-corrected chi connectivity index (χ4v) is 2.68. The normalized spacial score (nSPS) is 11.4. The van der Waals surface area contributed by atoms with Crippen LogP contribution in [0.25, 0.3) is 0 Å². The zero-order chi connectivity index (χ0) is 12.1. The smallest absolute Gasteiger partial charge is 0.183 e. The first-order valence-corrected chi connectivity index (χ1v) is 7.09. The highest BCUT2D eigenvalue weighted by Gasteiger charge is 2.14. The van der Waals surface area contributed by atoms with Crippen LogP contribution < -0.4 is 5.32 Å². The van der Waals surface area contributed by atoms with E-state index in [1.807, 2.05) is 11.3 Å². The molecule has 2 nitrogen and oxygen atoms in total. The van der Waals surface area contributed by atoms with Crippen LogP contribution in [0.4, 0.5) is 5.13 Å². The molecule has 16 heavy (non-hydrogen) atoms. The Morgan fingerprint density at radius 3 is 2.44 bits per heavy atom. The van der Waals surface area contributed by atoms with E-state index < -0.39 is 0 Å². The zero-order valence-electron chi connectivity index (χ0n) is 11.1. The van der Waals surface area contributed by atoms with Crippen molar-refractivity contribution in [3.05, 3.63) is 10.6 Å². The van der Waals surface area contributed by atoms with Gasteiger partial charge in [-0.15, -0.1) is 11.3 Å². The summed E-state index contributed by atoms with van der Waals surface area (Å²) in [5, 5.41) is 4.49. The summed E-state index contributed by atoms with van der Waals surface area (Å²) >= 11 is 1.83. The maximum absolute atomic E-state index is 4.72. The van der Waals surface area contributed by atoms with Gasteiger partial charge in [0, 0.05) is 11.4 Å². The SMILES string of the molecule is CCCNc1nc(CC(C)C)c(C(C)C)s1. The van der Waals surface area contributed by atoms with Crippen LogP contribution in [0.2, 0.25) is 0 Å². The van der Waals surface area contributed by atoms with E-state index in [4.69, 9.17) is 4.98 Å². The molecule has 0 fully saturated rings. The van der Waals surface area contributed by atoms with Gasteiger partial charge < -0.3 is 5.32 Å². The second-order valence-electron chi connectivity index (χ2n) is 5.01. The van der Waals surface area contributed by atoms with Crippen molar-refractivity contribution in [3.8, 4) is 0 Å². The van der Waals surface area contributed by atoms with Crippen LogP contribution >= 0.6 is 11.3 Å². The summed E-state index contributed by atoms with van der Waals surface area (Å²) < 4.78 is 0. The van der Waals surface area contributed by atoms with Crippen molar-refractivity contribution in [2.24, 2.45) is 5.92 Å². The molecular weight excluding hydrogens is 216 g/mol. The number of aromatic nitrogens is 1. The average molecular weight is 240 g/mol. The molecule has 1 aromatic heterocycles. The molecule has 0 aliphatic carbocycles. The maximum Gasteiger partial charge on any atom is 0.183 e. The van der Waals surface area contributed by atoms with Gasteiger partial charge in [0.15, 0.2) is 5.13 Å². The Morgan fingerprint density at radius 1 is 1.25 bits per heavy atom. The van der Waals surface area contributed by atoms with Crippen molar-refractivity contribution >= 4 is 16.5 Å². The molecule has 1 aromatic rings. The lowest BCUT2D eigenvalue weighted by Crippen LogP contribution is -2.01. The Hall–Kier alpha value is -0.570. The Kier molecular flexibility index (Phi) is 5.26. The van der Waals surface area contributed by atoms with Gasteiger partial charge in [-0.1, -0.05) is 34.6 Å². The van der Waals surface area contributed by atoms with Crippen LogP contribution in [0.5, 0.6) is 0 Å². The quantitative estimate of drug-likeness (QED) is 0.802. The monoisotopic (exact) mass is 240 g/mol. The number of hydrogen-bond donors (Lipinski definition) is 1. The van der Waals surface area contributed by atoms with E-state index in [0.29, 0.717) is 11.8 Å². The van der Waals surface area contributed by atoms with E-state index in [0.717, 1.165) is 24.5 Å². The van der Waals surface area contributed by atoms with Gasteiger partial charge in [0.2, 0.25) is 0 Å². The molecule has 0 radical (unpaired) electrons. The number of hydrogen-bond acceptors (Lipinski definition) is 3. The Labute approximate surface area is 103 Å². The van der Waals surface area contributed by atoms with Crippen molar-refractivity contribution in [2.45, 2.75) is 53.4 Å². The highest BCUT2D eigenvalue weighted by Crippen LogP contribution is 2.31. The van der Waals surface area contributed by atoms with Gasteiger partial charge in [-0.2, -0.15) is 0 Å². The first-order valence-electron chi connectivity index (χ1n) is 6.28. The minimum absolute atomic E-state index is 0.587. The van der Waals surface area contributed by atoms with Crippen molar-refractivity contribution < 1.29 is 0 Å². The summed E-state index contributed by atoms with van der Waals surface area (Å²) in [6, 6.07) is 0. The molecule has 0 spiro atoms. The van der Waals surface area contributed by atoms with E-state index in [-0.39, 0.29) is 0 Å². The van der Waals surface area contributed by atoms with E-state index in [2.05, 4.69) is 39.9 Å². The lowest BCUT2D eigenvalue weighted by molar-refractivity contribution is 0.630. The third kappa shape index (κ3) is 3.78. The van der Waals surface area contributed by atoms with Crippen molar-refractivity contribution in [1.82, 2.24) is 4.98 Å². The van der Waals surface area contributed by atoms with E-state index in [1.54, 1.807) is 0 Å². The summed E-state index contributed by atoms with van der Waals surface area (Å²) in [6.07, 6.45) is 2.24. The zero-order valence-corrected chi connectivity index (χ0v) is 11.9. The molecule has 3 heteroatoms. The fraction of sp³-hybridized carbons (Fsp3) is 0.769. The first kappa shape index (κ1) is 13.5. The Balaban J connectivity index is 2.82. The number of thiazole rings is 1. The third-order valence-corrected chi connectivity index (χ3v) is 3.74. The predicted molar refractivity (Wildman–Crippen MR) is 73.5 cm³/mol. The van der Waals surface area contributed by atoms with E-state index in [1.165, 1.54) is 10.6 Å². The van der Waals surface area contributed by atoms with Gasteiger partial charge in [0.25, 0.3) is 0 Å². The average Bonchev–Trinajstić information content (AvgIpc) is 2.57. The summed E-state index contributed by atoms with van der Waals surface area (Å²) in [5.41, 5.74) is 1.30. The molecule has 0 saturated carbocycles. The largest absolute Gasteiger partial charge is 0.362 e. The number of rotatable bonds is 6. The minimum Gasteiger partial charge on any atom is -0.362 e. The first-order chi connectivity index (χ1) is 7.54. The number of nitrogens with one attached hydrogen (secondary N) is 1. The molecule has 1 rings (SSSR count). The lowest BCUT2D eigenvalue weighted by Gasteiger charge is -2.06. The minimum atomic E-state index is 0.587. The van der Waals surface area contributed by atoms with Crippen LogP contribution in [0.3, 0.4) is 0 Å². The molecular formula is C13H24N2S. The number of anilines is 1. The van der Waals surface area contributed by atoms with Crippen LogP contribution in [-0.2, 0) is 6.42 Å². The van der Waals surface area contributed by atoms with Gasteiger partial charge in [0.1, 0.15) is 0 Å². The van der Waals surface area contributed by atoms with Crippen molar-refractivity contribution in [1.29, 1.82) is 0 Å². The van der Waals surface area contributed by atoms with Gasteiger partial charge >= 0.3 is 0 Å². The highest BCUT2D eigenvalue weighted by atomic mass is 32.1. The Bertz CT molecular complexity index is 316. The number of nitrogens with zero attached hydrogens (tertiary/aromatic N) is 1. The summed E-state index contributed by atoms with van der Waals surface area (Å²) in [6.45, 7) is 12.2. The molecule has 92 valence electrons. The fourth-order valence-electron chi connectivity index (χ4n) is 1.66. The van der Waals surface area contributed by atoms with Crippen LogP contribution in [0, 0.1) is 5.92 Å². The predicted octanol–water partition coefficient (Wildman–Crippen LogP) is 4.29. The summed E-state index contributed by atoms with van der Waals surface area (Å²) in [4.78, 5) is 6.17. The molecule has 0 unspecified atom stereocenters. The second-order valence-corrected chi connectivity index (χ2v) is 6.04. The molecule has 0 bridgehead atoms. The third-order valence-electron chi connectivity index (χ3n) is 2.38. The van der Waals surface area contributed by atoms with Gasteiger partial charge in [-0.05, 0) is 24.7 Å². The van der Waals surface area contributed by atoms with Crippen LogP contribution in [0.15, 0.2) is 0 Å². The maximum atomic E-state index is 4.72. The molecule has 1 heterocycles. The molecule has 0 saturated heterocycles. The van der Waals surface area contributed by atoms with Gasteiger partial charge in [0.05, 0.1) is 5.69 Å². The molecule has 0 aliphatic heterocycles. The second kappa shape index (κ2) is 6.24. The van der Waals surface area contributed by atoms with Crippen molar-refractivity contribution in [3.63, 3.8) is 0 Å². The molecule has 0 aliphatic rings. The Morgan fingerprint density at radius 2 is 1.94 bits per heavy atom. The molecule has 0 atom stereocenters. The topological polar surface area (TPSA) is 24.9 Å². The molecule has 1 N–H and O–H groups in total. The van der Waals surface area contributed by atoms with Crippen molar-refractivity contribution in [2.75, 3.05) is 11.9 Å². The van der Waals surface area contributed by atoms with Gasteiger partial charge in [-0.3, -0.25) is 0 Å².